The first-order valence-electron chi connectivity index (χ1n) is 11.1. The van der Waals surface area contributed by atoms with Gasteiger partial charge in [-0.3, -0.25) is 19.3 Å². The van der Waals surface area contributed by atoms with Crippen LogP contribution in [0.5, 0.6) is 0 Å². The van der Waals surface area contributed by atoms with Gasteiger partial charge in [0.25, 0.3) is 11.8 Å². The Labute approximate surface area is 192 Å². The Bertz CT molecular complexity index is 967. The van der Waals surface area contributed by atoms with Crippen LogP contribution in [0.1, 0.15) is 78.1 Å². The van der Waals surface area contributed by atoms with Gasteiger partial charge < -0.3 is 16.8 Å². The highest BCUT2D eigenvalue weighted by atomic mass is 32.1. The van der Waals surface area contributed by atoms with Crippen molar-refractivity contribution in [3.05, 3.63) is 40.4 Å². The second kappa shape index (κ2) is 10.6. The molecule has 32 heavy (non-hydrogen) atoms. The van der Waals surface area contributed by atoms with Crippen LogP contribution in [-0.4, -0.2) is 34.2 Å². The predicted octanol–water partition coefficient (Wildman–Crippen LogP) is 3.26. The van der Waals surface area contributed by atoms with Crippen LogP contribution < -0.4 is 21.7 Å². The normalized spacial score (nSPS) is 14.8. The van der Waals surface area contributed by atoms with Gasteiger partial charge in [-0.25, -0.2) is 0 Å². The molecule has 3 amide bonds. The summed E-state index contributed by atoms with van der Waals surface area (Å²) in [6.45, 7) is 4.03. The molecule has 2 aromatic rings. The van der Waals surface area contributed by atoms with Gasteiger partial charge in [-0.05, 0) is 54.9 Å². The van der Waals surface area contributed by atoms with Crippen molar-refractivity contribution in [2.24, 2.45) is 5.73 Å². The molecule has 0 radical (unpaired) electrons. The van der Waals surface area contributed by atoms with Crippen LogP contribution in [0.2, 0.25) is 0 Å². The molecule has 0 unspecified atom stereocenters. The van der Waals surface area contributed by atoms with Crippen molar-refractivity contribution in [2.45, 2.75) is 70.9 Å². The summed E-state index contributed by atoms with van der Waals surface area (Å²) in [6.07, 6.45) is 6.15. The summed E-state index contributed by atoms with van der Waals surface area (Å²) in [5, 5.41) is 3.13. The average molecular weight is 458 g/mol. The lowest BCUT2D eigenvalue weighted by Crippen LogP contribution is -2.51. The second-order valence-electron chi connectivity index (χ2n) is 8.13. The van der Waals surface area contributed by atoms with E-state index in [-0.39, 0.29) is 28.2 Å². The van der Waals surface area contributed by atoms with E-state index in [1.54, 1.807) is 0 Å². The van der Waals surface area contributed by atoms with Crippen LogP contribution in [0.3, 0.4) is 0 Å². The van der Waals surface area contributed by atoms with Crippen molar-refractivity contribution in [3.63, 3.8) is 0 Å². The number of amides is 3. The minimum Gasteiger partial charge on any atom is -0.395 e. The molecule has 5 N–H and O–H groups in total. The second-order valence-corrected chi connectivity index (χ2v) is 8.90. The smallest absolute Gasteiger partial charge is 0.272 e. The number of nitrogen functional groups attached to an aromatic ring is 1. The molecule has 1 heterocycles. The SMILES string of the molecule is CCC[C@@H](C(=O)NC1CCCC1)N(C(=O)c1snc(C(N)=O)c1N)c1ccc(CC)cc1. The van der Waals surface area contributed by atoms with Crippen molar-refractivity contribution in [1.82, 2.24) is 9.69 Å². The van der Waals surface area contributed by atoms with Crippen molar-refractivity contribution in [3.8, 4) is 0 Å². The molecule has 8 nitrogen and oxygen atoms in total. The Kier molecular flexibility index (Phi) is 7.84. The molecule has 0 spiro atoms. The molecule has 0 saturated heterocycles. The number of rotatable bonds is 9. The largest absolute Gasteiger partial charge is 0.395 e. The molecular formula is C23H31N5O3S. The van der Waals surface area contributed by atoms with E-state index in [0.717, 1.165) is 49.2 Å². The van der Waals surface area contributed by atoms with Crippen LogP contribution in [0.15, 0.2) is 24.3 Å². The zero-order valence-electron chi connectivity index (χ0n) is 18.6. The number of anilines is 2. The third-order valence-corrected chi connectivity index (χ3v) is 6.73. The molecule has 1 atom stereocenters. The minimum absolute atomic E-state index is 0.0471. The lowest BCUT2D eigenvalue weighted by atomic mass is 10.0. The van der Waals surface area contributed by atoms with E-state index in [1.807, 2.05) is 31.2 Å². The molecule has 0 aliphatic heterocycles. The highest BCUT2D eigenvalue weighted by Gasteiger charge is 2.35. The van der Waals surface area contributed by atoms with E-state index in [2.05, 4.69) is 16.6 Å². The monoisotopic (exact) mass is 457 g/mol. The number of carbonyl (C=O) groups is 3. The molecular weight excluding hydrogens is 426 g/mol. The number of aromatic nitrogens is 1. The molecule has 1 saturated carbocycles. The van der Waals surface area contributed by atoms with E-state index in [0.29, 0.717) is 18.5 Å². The molecule has 1 aliphatic rings. The summed E-state index contributed by atoms with van der Waals surface area (Å²) in [4.78, 5) is 40.2. The number of hydrogen-bond acceptors (Lipinski definition) is 6. The predicted molar refractivity (Wildman–Crippen MR) is 127 cm³/mol. The standard InChI is InChI=1S/C23H31N5O3S/c1-3-7-17(22(30)26-15-8-5-6-9-15)28(16-12-10-14(4-2)11-13-16)23(31)20-18(24)19(21(25)29)27-32-20/h10-13,15,17H,3-9,24H2,1-2H3,(H2,25,29)(H,26,30)/t17-/m0/s1. The maximum absolute atomic E-state index is 13.7. The van der Waals surface area contributed by atoms with E-state index >= 15 is 0 Å². The van der Waals surface area contributed by atoms with Crippen LogP contribution in [0, 0.1) is 0 Å². The molecule has 172 valence electrons. The number of nitrogens with two attached hydrogens (primary N) is 2. The lowest BCUT2D eigenvalue weighted by molar-refractivity contribution is -0.123. The van der Waals surface area contributed by atoms with E-state index in [9.17, 15) is 14.4 Å². The van der Waals surface area contributed by atoms with Gasteiger partial charge in [-0.1, -0.05) is 45.2 Å². The molecule has 3 rings (SSSR count). The number of nitrogens with zero attached hydrogens (tertiary/aromatic N) is 2. The topological polar surface area (TPSA) is 131 Å². The Morgan fingerprint density at radius 1 is 1.19 bits per heavy atom. The van der Waals surface area contributed by atoms with Crippen molar-refractivity contribution in [2.75, 3.05) is 10.6 Å². The van der Waals surface area contributed by atoms with Crippen LogP contribution >= 0.6 is 11.5 Å². The molecule has 1 aromatic heterocycles. The number of primary amides is 1. The van der Waals surface area contributed by atoms with Crippen LogP contribution in [0.25, 0.3) is 0 Å². The Hall–Kier alpha value is -2.94. The summed E-state index contributed by atoms with van der Waals surface area (Å²) in [6, 6.07) is 7.00. The third kappa shape index (κ3) is 5.09. The first-order valence-corrected chi connectivity index (χ1v) is 11.9. The fraction of sp³-hybridized carbons (Fsp3) is 0.478. The van der Waals surface area contributed by atoms with Gasteiger partial charge in [0.1, 0.15) is 10.9 Å². The maximum Gasteiger partial charge on any atom is 0.272 e. The van der Waals surface area contributed by atoms with Crippen molar-refractivity contribution < 1.29 is 14.4 Å². The van der Waals surface area contributed by atoms with E-state index in [1.165, 1.54) is 4.90 Å². The van der Waals surface area contributed by atoms with Crippen LogP contribution in [-0.2, 0) is 11.2 Å². The van der Waals surface area contributed by atoms with Crippen molar-refractivity contribution in [1.29, 1.82) is 0 Å². The zero-order chi connectivity index (χ0) is 23.3. The highest BCUT2D eigenvalue weighted by molar-refractivity contribution is 7.09. The molecule has 9 heteroatoms. The maximum atomic E-state index is 13.7. The van der Waals surface area contributed by atoms with Gasteiger partial charge >= 0.3 is 0 Å². The number of hydrogen-bond donors (Lipinski definition) is 3. The number of aryl methyl sites for hydroxylation is 1. The quantitative estimate of drug-likeness (QED) is 0.532. The van der Waals surface area contributed by atoms with Gasteiger partial charge in [-0.15, -0.1) is 0 Å². The molecule has 1 aliphatic carbocycles. The number of benzene rings is 1. The number of nitrogens with one attached hydrogen (secondary N) is 1. The van der Waals surface area contributed by atoms with Gasteiger partial charge in [-0.2, -0.15) is 4.37 Å². The first-order chi connectivity index (χ1) is 15.4. The van der Waals surface area contributed by atoms with Crippen LogP contribution in [0.4, 0.5) is 11.4 Å². The fourth-order valence-corrected chi connectivity index (χ4v) is 4.83. The number of carbonyl (C=O) groups excluding carboxylic acids is 3. The molecule has 1 fully saturated rings. The minimum atomic E-state index is -0.791. The van der Waals surface area contributed by atoms with E-state index in [4.69, 9.17) is 11.5 Å². The van der Waals surface area contributed by atoms with Crippen molar-refractivity contribution >= 4 is 40.6 Å². The molecule has 1 aromatic carbocycles. The van der Waals surface area contributed by atoms with Gasteiger partial charge in [0.05, 0.1) is 5.69 Å². The zero-order valence-corrected chi connectivity index (χ0v) is 19.4. The van der Waals surface area contributed by atoms with Gasteiger partial charge in [0.15, 0.2) is 5.69 Å². The molecule has 0 bridgehead atoms. The highest BCUT2D eigenvalue weighted by Crippen LogP contribution is 2.29. The summed E-state index contributed by atoms with van der Waals surface area (Å²) >= 11 is 0.825. The summed E-state index contributed by atoms with van der Waals surface area (Å²) in [5.74, 6) is -1.43. The Morgan fingerprint density at radius 3 is 2.38 bits per heavy atom. The summed E-state index contributed by atoms with van der Waals surface area (Å²) < 4.78 is 3.97. The van der Waals surface area contributed by atoms with E-state index < -0.39 is 17.9 Å². The third-order valence-electron chi connectivity index (χ3n) is 5.88. The van der Waals surface area contributed by atoms with Gasteiger partial charge in [0.2, 0.25) is 5.91 Å². The first kappa shape index (κ1) is 23.7. The fourth-order valence-electron chi connectivity index (χ4n) is 4.09. The Morgan fingerprint density at radius 2 is 1.84 bits per heavy atom. The Balaban J connectivity index is 2.01. The van der Waals surface area contributed by atoms with Gasteiger partial charge in [0, 0.05) is 11.7 Å². The average Bonchev–Trinajstić information content (AvgIpc) is 3.43. The summed E-state index contributed by atoms with van der Waals surface area (Å²) in [5.41, 5.74) is 12.9. The lowest BCUT2D eigenvalue weighted by Gasteiger charge is -2.31. The summed E-state index contributed by atoms with van der Waals surface area (Å²) in [7, 11) is 0.